The van der Waals surface area contributed by atoms with Crippen molar-refractivity contribution >= 4 is 28.4 Å². The number of carbonyl (C=O) groups excluding carboxylic acids is 1. The van der Waals surface area contributed by atoms with Crippen LogP contribution in [-0.4, -0.2) is 22.4 Å². The molecule has 0 radical (unpaired) electrons. The zero-order valence-corrected chi connectivity index (χ0v) is 18.7. The highest BCUT2D eigenvalue weighted by Gasteiger charge is 2.21. The van der Waals surface area contributed by atoms with Gasteiger partial charge >= 0.3 is 0 Å². The topological polar surface area (TPSA) is 62.4 Å². The summed E-state index contributed by atoms with van der Waals surface area (Å²) < 4.78 is 19.9. The number of hydrogen-bond acceptors (Lipinski definition) is 3. The SMILES string of the molecule is CCOc1ccc2[nH]c(=O)c(CN(Cc3ccc(Cl)cc3)C(=O)c3ccccc3F)cc2c1. The van der Waals surface area contributed by atoms with E-state index < -0.39 is 11.7 Å². The lowest BCUT2D eigenvalue weighted by atomic mass is 10.1. The van der Waals surface area contributed by atoms with Crippen molar-refractivity contribution < 1.29 is 13.9 Å². The molecule has 1 amide bonds. The maximum absolute atomic E-state index is 14.4. The summed E-state index contributed by atoms with van der Waals surface area (Å²) in [6.07, 6.45) is 0. The molecule has 0 aliphatic heterocycles. The van der Waals surface area contributed by atoms with E-state index in [4.69, 9.17) is 16.3 Å². The summed E-state index contributed by atoms with van der Waals surface area (Å²) in [6, 6.07) is 20.0. The molecule has 0 atom stereocenters. The number of benzene rings is 3. The fourth-order valence-corrected chi connectivity index (χ4v) is 3.75. The predicted molar refractivity (Wildman–Crippen MR) is 127 cm³/mol. The number of amides is 1. The van der Waals surface area contributed by atoms with Gasteiger partial charge in [-0.15, -0.1) is 0 Å². The largest absolute Gasteiger partial charge is 0.494 e. The zero-order valence-electron chi connectivity index (χ0n) is 18.0. The van der Waals surface area contributed by atoms with Crippen molar-refractivity contribution in [3.8, 4) is 5.75 Å². The molecule has 3 aromatic carbocycles. The summed E-state index contributed by atoms with van der Waals surface area (Å²) in [5.41, 5.74) is 1.49. The Morgan fingerprint density at radius 2 is 1.79 bits per heavy atom. The van der Waals surface area contributed by atoms with Gasteiger partial charge in [0.1, 0.15) is 11.6 Å². The number of rotatable bonds is 7. The molecule has 0 saturated carbocycles. The molecule has 4 rings (SSSR count). The van der Waals surface area contributed by atoms with Gasteiger partial charge in [0.25, 0.3) is 11.5 Å². The fourth-order valence-electron chi connectivity index (χ4n) is 3.62. The Hall–Kier alpha value is -3.64. The van der Waals surface area contributed by atoms with Crippen LogP contribution in [0.2, 0.25) is 5.02 Å². The van der Waals surface area contributed by atoms with Gasteiger partial charge < -0.3 is 14.6 Å². The standard InChI is InChI=1S/C26H22ClFN2O3/c1-2-33-21-11-12-24-18(14-21)13-19(25(31)29-24)16-30(15-17-7-9-20(27)10-8-17)26(32)22-5-3-4-6-23(22)28/h3-14H,2,15-16H2,1H3,(H,29,31). The molecule has 1 aromatic heterocycles. The number of hydrogen-bond donors (Lipinski definition) is 1. The highest BCUT2D eigenvalue weighted by atomic mass is 35.5. The van der Waals surface area contributed by atoms with Crippen LogP contribution in [0, 0.1) is 5.82 Å². The average molecular weight is 465 g/mol. The predicted octanol–water partition coefficient (Wildman–Crippen LogP) is 5.56. The lowest BCUT2D eigenvalue weighted by Crippen LogP contribution is -2.33. The molecule has 7 heteroatoms. The summed E-state index contributed by atoms with van der Waals surface area (Å²) >= 11 is 5.98. The summed E-state index contributed by atoms with van der Waals surface area (Å²) in [5.74, 6) is -0.438. The molecule has 0 aliphatic carbocycles. The molecule has 168 valence electrons. The van der Waals surface area contributed by atoms with Crippen LogP contribution in [0.15, 0.2) is 77.6 Å². The lowest BCUT2D eigenvalue weighted by molar-refractivity contribution is 0.0724. The number of carbonyl (C=O) groups is 1. The van der Waals surface area contributed by atoms with Crippen molar-refractivity contribution in [2.45, 2.75) is 20.0 Å². The first-order valence-corrected chi connectivity index (χ1v) is 10.9. The first kappa shape index (κ1) is 22.6. The lowest BCUT2D eigenvalue weighted by Gasteiger charge is -2.23. The van der Waals surface area contributed by atoms with Crippen molar-refractivity contribution in [1.82, 2.24) is 9.88 Å². The van der Waals surface area contributed by atoms with Gasteiger partial charge in [0.05, 0.1) is 18.7 Å². The Labute approximate surface area is 195 Å². The number of H-pyrrole nitrogens is 1. The Balaban J connectivity index is 1.72. The third kappa shape index (κ3) is 5.23. The van der Waals surface area contributed by atoms with E-state index in [9.17, 15) is 14.0 Å². The highest BCUT2D eigenvalue weighted by Crippen LogP contribution is 2.21. The summed E-state index contributed by atoms with van der Waals surface area (Å²) in [6.45, 7) is 2.60. The third-order valence-electron chi connectivity index (χ3n) is 5.24. The first-order valence-electron chi connectivity index (χ1n) is 10.5. The van der Waals surface area contributed by atoms with Crippen molar-refractivity contribution in [1.29, 1.82) is 0 Å². The first-order chi connectivity index (χ1) is 15.9. The van der Waals surface area contributed by atoms with Gasteiger partial charge in [-0.25, -0.2) is 4.39 Å². The number of ether oxygens (including phenoxy) is 1. The molecule has 4 aromatic rings. The quantitative estimate of drug-likeness (QED) is 0.389. The molecule has 0 saturated heterocycles. The minimum atomic E-state index is -0.614. The molecule has 5 nitrogen and oxygen atoms in total. The maximum atomic E-state index is 14.4. The van der Waals surface area contributed by atoms with Crippen LogP contribution in [0.1, 0.15) is 28.4 Å². The van der Waals surface area contributed by atoms with Crippen LogP contribution in [-0.2, 0) is 13.1 Å². The second kappa shape index (κ2) is 9.88. The van der Waals surface area contributed by atoms with E-state index in [1.807, 2.05) is 13.0 Å². The number of pyridine rings is 1. The van der Waals surface area contributed by atoms with Gasteiger partial charge in [0.15, 0.2) is 0 Å². The highest BCUT2D eigenvalue weighted by molar-refractivity contribution is 6.30. The number of aromatic amines is 1. The maximum Gasteiger partial charge on any atom is 0.257 e. The number of fused-ring (bicyclic) bond motifs is 1. The molecule has 1 heterocycles. The van der Waals surface area contributed by atoms with E-state index in [0.717, 1.165) is 10.9 Å². The van der Waals surface area contributed by atoms with Crippen molar-refractivity contribution in [2.75, 3.05) is 6.61 Å². The van der Waals surface area contributed by atoms with Crippen molar-refractivity contribution in [3.63, 3.8) is 0 Å². The van der Waals surface area contributed by atoms with Crippen LogP contribution in [0.25, 0.3) is 10.9 Å². The van der Waals surface area contributed by atoms with Crippen molar-refractivity contribution in [3.05, 3.63) is 111 Å². The second-order valence-electron chi connectivity index (χ2n) is 7.57. The van der Waals surface area contributed by atoms with Gasteiger partial charge in [-0.2, -0.15) is 0 Å². The zero-order chi connectivity index (χ0) is 23.4. The van der Waals surface area contributed by atoms with Crippen LogP contribution in [0.4, 0.5) is 4.39 Å². The second-order valence-corrected chi connectivity index (χ2v) is 8.01. The van der Waals surface area contributed by atoms with E-state index in [1.165, 1.54) is 23.1 Å². The van der Waals surface area contributed by atoms with Gasteiger partial charge in [0, 0.05) is 28.0 Å². The Bertz CT molecular complexity index is 1350. The number of nitrogens with one attached hydrogen (secondary N) is 1. The van der Waals surface area contributed by atoms with Gasteiger partial charge in [-0.3, -0.25) is 9.59 Å². The summed E-state index contributed by atoms with van der Waals surface area (Å²) in [5, 5.41) is 1.35. The van der Waals surface area contributed by atoms with Crippen LogP contribution >= 0.6 is 11.6 Å². The van der Waals surface area contributed by atoms with E-state index in [-0.39, 0.29) is 24.2 Å². The van der Waals surface area contributed by atoms with Crippen LogP contribution in [0.3, 0.4) is 0 Å². The fraction of sp³-hybridized carbons (Fsp3) is 0.154. The Morgan fingerprint density at radius 3 is 2.52 bits per heavy atom. The molecule has 0 fully saturated rings. The molecule has 0 bridgehead atoms. The normalized spacial score (nSPS) is 10.9. The van der Waals surface area contributed by atoms with E-state index in [0.29, 0.717) is 28.5 Å². The molecule has 0 unspecified atom stereocenters. The number of nitrogens with zero attached hydrogens (tertiary/aromatic N) is 1. The monoisotopic (exact) mass is 464 g/mol. The molecular formula is C26H22ClFN2O3. The van der Waals surface area contributed by atoms with Crippen LogP contribution in [0.5, 0.6) is 5.75 Å². The number of halogens is 2. The van der Waals surface area contributed by atoms with E-state index in [2.05, 4.69) is 4.98 Å². The third-order valence-corrected chi connectivity index (χ3v) is 5.49. The molecule has 1 N–H and O–H groups in total. The Morgan fingerprint density at radius 1 is 1.03 bits per heavy atom. The van der Waals surface area contributed by atoms with E-state index in [1.54, 1.807) is 48.5 Å². The molecule has 0 spiro atoms. The van der Waals surface area contributed by atoms with Crippen LogP contribution < -0.4 is 10.3 Å². The minimum absolute atomic E-state index is 0.0000695. The van der Waals surface area contributed by atoms with Gasteiger partial charge in [0.2, 0.25) is 0 Å². The minimum Gasteiger partial charge on any atom is -0.494 e. The summed E-state index contributed by atoms with van der Waals surface area (Å²) in [4.78, 5) is 30.4. The number of aromatic nitrogens is 1. The summed E-state index contributed by atoms with van der Waals surface area (Å²) in [7, 11) is 0. The Kier molecular flexibility index (Phi) is 6.75. The molecule has 0 aliphatic rings. The van der Waals surface area contributed by atoms with E-state index >= 15 is 0 Å². The van der Waals surface area contributed by atoms with Crippen molar-refractivity contribution in [2.24, 2.45) is 0 Å². The molecular weight excluding hydrogens is 443 g/mol. The smallest absolute Gasteiger partial charge is 0.257 e. The molecule has 33 heavy (non-hydrogen) atoms. The van der Waals surface area contributed by atoms with Gasteiger partial charge in [-0.05, 0) is 61.0 Å². The average Bonchev–Trinajstić information content (AvgIpc) is 2.81. The van der Waals surface area contributed by atoms with Gasteiger partial charge in [-0.1, -0.05) is 35.9 Å².